The Morgan fingerprint density at radius 3 is 3.00 bits per heavy atom. The highest BCUT2D eigenvalue weighted by Gasteiger charge is 2.05. The van der Waals surface area contributed by atoms with Crippen molar-refractivity contribution in [2.75, 3.05) is 7.05 Å². The number of halogens is 1. The van der Waals surface area contributed by atoms with E-state index in [0.29, 0.717) is 5.56 Å². The molecule has 4 heteroatoms. The minimum absolute atomic E-state index is 0.134. The fourth-order valence-corrected chi connectivity index (χ4v) is 1.08. The summed E-state index contributed by atoms with van der Waals surface area (Å²) in [4.78, 5) is 14.9. The molecule has 1 heterocycles. The first kappa shape index (κ1) is 8.20. The van der Waals surface area contributed by atoms with E-state index in [0.717, 1.165) is 4.47 Å². The van der Waals surface area contributed by atoms with Crippen LogP contribution in [-0.4, -0.2) is 17.9 Å². The highest BCUT2D eigenvalue weighted by Crippen LogP contribution is 2.13. The van der Waals surface area contributed by atoms with Crippen LogP contribution < -0.4 is 5.32 Å². The number of hydrogen-bond acceptors (Lipinski definition) is 2. The van der Waals surface area contributed by atoms with Gasteiger partial charge in [0.2, 0.25) is 0 Å². The van der Waals surface area contributed by atoms with Crippen LogP contribution in [0.3, 0.4) is 0 Å². The predicted octanol–water partition coefficient (Wildman–Crippen LogP) is 1.20. The molecule has 0 aliphatic carbocycles. The van der Waals surface area contributed by atoms with Crippen molar-refractivity contribution in [3.05, 3.63) is 28.5 Å². The molecule has 0 bridgehead atoms. The number of amides is 1. The van der Waals surface area contributed by atoms with Crippen molar-refractivity contribution in [2.24, 2.45) is 0 Å². The molecule has 0 aliphatic rings. The summed E-state index contributed by atoms with van der Waals surface area (Å²) in [5, 5.41) is 2.51. The summed E-state index contributed by atoms with van der Waals surface area (Å²) in [5.41, 5.74) is 0.551. The zero-order chi connectivity index (χ0) is 8.27. The van der Waals surface area contributed by atoms with Crippen molar-refractivity contribution in [3.8, 4) is 0 Å². The first-order valence-electron chi connectivity index (χ1n) is 3.07. The second-order valence-electron chi connectivity index (χ2n) is 1.93. The average Bonchev–Trinajstić information content (AvgIpc) is 2.04. The van der Waals surface area contributed by atoms with Crippen LogP contribution in [0, 0.1) is 0 Å². The number of hydrogen-bond donors (Lipinski definition) is 1. The Labute approximate surface area is 73.0 Å². The van der Waals surface area contributed by atoms with Crippen LogP contribution in [0.1, 0.15) is 10.4 Å². The van der Waals surface area contributed by atoms with Gasteiger partial charge < -0.3 is 5.32 Å². The lowest BCUT2D eigenvalue weighted by Crippen LogP contribution is -2.18. The van der Waals surface area contributed by atoms with Crippen molar-refractivity contribution in [1.82, 2.24) is 10.3 Å². The minimum atomic E-state index is -0.134. The van der Waals surface area contributed by atoms with Crippen molar-refractivity contribution >= 4 is 21.8 Å². The maximum atomic E-state index is 11.1. The van der Waals surface area contributed by atoms with Crippen LogP contribution in [0.15, 0.2) is 22.9 Å². The van der Waals surface area contributed by atoms with Crippen LogP contribution >= 0.6 is 15.9 Å². The van der Waals surface area contributed by atoms with Crippen LogP contribution in [0.25, 0.3) is 0 Å². The summed E-state index contributed by atoms with van der Waals surface area (Å²) in [6.07, 6.45) is 3.14. The van der Waals surface area contributed by atoms with Gasteiger partial charge in [0, 0.05) is 23.9 Å². The molecule has 0 spiro atoms. The van der Waals surface area contributed by atoms with E-state index in [9.17, 15) is 4.79 Å². The Balaban J connectivity index is 3.03. The van der Waals surface area contributed by atoms with Gasteiger partial charge in [-0.05, 0) is 22.0 Å². The van der Waals surface area contributed by atoms with Crippen molar-refractivity contribution in [1.29, 1.82) is 0 Å². The van der Waals surface area contributed by atoms with Crippen LogP contribution in [-0.2, 0) is 0 Å². The Morgan fingerprint density at radius 1 is 1.73 bits per heavy atom. The molecular weight excluding hydrogens is 208 g/mol. The van der Waals surface area contributed by atoms with Crippen molar-refractivity contribution in [3.63, 3.8) is 0 Å². The third kappa shape index (κ3) is 1.77. The topological polar surface area (TPSA) is 42.0 Å². The largest absolute Gasteiger partial charge is 0.355 e. The summed E-state index contributed by atoms with van der Waals surface area (Å²) in [5.74, 6) is -0.134. The highest BCUT2D eigenvalue weighted by molar-refractivity contribution is 9.10. The molecule has 0 aromatic carbocycles. The van der Waals surface area contributed by atoms with Gasteiger partial charge in [0.05, 0.1) is 5.56 Å². The van der Waals surface area contributed by atoms with Crippen LogP contribution in [0.4, 0.5) is 0 Å². The molecule has 0 radical (unpaired) electrons. The molecule has 0 saturated carbocycles. The normalized spacial score (nSPS) is 9.27. The smallest absolute Gasteiger partial charge is 0.253 e. The lowest BCUT2D eigenvalue weighted by atomic mass is 10.3. The van der Waals surface area contributed by atoms with Gasteiger partial charge in [0.15, 0.2) is 0 Å². The van der Waals surface area contributed by atoms with Crippen LogP contribution in [0.5, 0.6) is 0 Å². The van der Waals surface area contributed by atoms with Gasteiger partial charge in [0.25, 0.3) is 5.91 Å². The molecule has 0 atom stereocenters. The lowest BCUT2D eigenvalue weighted by molar-refractivity contribution is 0.0962. The first-order valence-corrected chi connectivity index (χ1v) is 3.86. The Hall–Kier alpha value is -0.900. The van der Waals surface area contributed by atoms with E-state index in [1.165, 1.54) is 6.20 Å². The maximum Gasteiger partial charge on any atom is 0.253 e. The zero-order valence-electron chi connectivity index (χ0n) is 5.97. The molecule has 11 heavy (non-hydrogen) atoms. The molecule has 0 aliphatic heterocycles. The minimum Gasteiger partial charge on any atom is -0.355 e. The van der Waals surface area contributed by atoms with Gasteiger partial charge in [0.1, 0.15) is 0 Å². The van der Waals surface area contributed by atoms with Gasteiger partial charge in [-0.1, -0.05) is 0 Å². The lowest BCUT2D eigenvalue weighted by Gasteiger charge is -1.99. The molecule has 0 unspecified atom stereocenters. The second-order valence-corrected chi connectivity index (χ2v) is 2.79. The van der Waals surface area contributed by atoms with E-state index in [1.807, 2.05) is 0 Å². The fourth-order valence-electron chi connectivity index (χ4n) is 0.679. The predicted molar refractivity (Wildman–Crippen MR) is 45.3 cm³/mol. The molecule has 1 aromatic rings. The quantitative estimate of drug-likeness (QED) is 0.764. The molecular formula is C7H7BrN2O. The van der Waals surface area contributed by atoms with Crippen molar-refractivity contribution in [2.45, 2.75) is 0 Å². The number of nitrogens with one attached hydrogen (secondary N) is 1. The summed E-state index contributed by atoms with van der Waals surface area (Å²) in [6.45, 7) is 0. The van der Waals surface area contributed by atoms with Gasteiger partial charge in [-0.2, -0.15) is 0 Å². The number of rotatable bonds is 1. The van der Waals surface area contributed by atoms with Gasteiger partial charge in [-0.15, -0.1) is 0 Å². The highest BCUT2D eigenvalue weighted by atomic mass is 79.9. The Morgan fingerprint density at radius 2 is 2.45 bits per heavy atom. The molecule has 0 saturated heterocycles. The number of carbonyl (C=O) groups excluding carboxylic acids is 1. The Bertz CT molecular complexity index is 275. The number of carbonyl (C=O) groups is 1. The standard InChI is InChI=1S/C7H7BrN2O/c1-9-7(11)5-4-10-3-2-6(5)8/h2-4H,1H3,(H,9,11). The third-order valence-electron chi connectivity index (χ3n) is 1.24. The molecule has 1 aromatic heterocycles. The van der Waals surface area contributed by atoms with E-state index in [1.54, 1.807) is 19.3 Å². The maximum absolute atomic E-state index is 11.1. The molecule has 3 nitrogen and oxygen atoms in total. The van der Waals surface area contributed by atoms with E-state index in [2.05, 4.69) is 26.2 Å². The average molecular weight is 215 g/mol. The molecule has 1 rings (SSSR count). The van der Waals surface area contributed by atoms with Crippen LogP contribution in [0.2, 0.25) is 0 Å². The van der Waals surface area contributed by atoms with Gasteiger partial charge in [-0.3, -0.25) is 9.78 Å². The van der Waals surface area contributed by atoms with Gasteiger partial charge in [-0.25, -0.2) is 0 Å². The van der Waals surface area contributed by atoms with E-state index >= 15 is 0 Å². The third-order valence-corrected chi connectivity index (χ3v) is 1.93. The van der Waals surface area contributed by atoms with E-state index in [-0.39, 0.29) is 5.91 Å². The molecule has 1 N–H and O–H groups in total. The monoisotopic (exact) mass is 214 g/mol. The first-order chi connectivity index (χ1) is 5.25. The summed E-state index contributed by atoms with van der Waals surface area (Å²) in [7, 11) is 1.59. The SMILES string of the molecule is CNC(=O)c1cnccc1Br. The van der Waals surface area contributed by atoms with Gasteiger partial charge >= 0.3 is 0 Å². The zero-order valence-corrected chi connectivity index (χ0v) is 7.55. The van der Waals surface area contributed by atoms with E-state index < -0.39 is 0 Å². The molecule has 1 amide bonds. The summed E-state index contributed by atoms with van der Waals surface area (Å²) in [6, 6.07) is 1.73. The second kappa shape index (κ2) is 3.48. The number of nitrogens with zero attached hydrogens (tertiary/aromatic N) is 1. The van der Waals surface area contributed by atoms with E-state index in [4.69, 9.17) is 0 Å². The Kier molecular flexibility index (Phi) is 2.59. The molecule has 0 fully saturated rings. The number of pyridine rings is 1. The molecule has 58 valence electrons. The van der Waals surface area contributed by atoms with Crippen molar-refractivity contribution < 1.29 is 4.79 Å². The number of aromatic nitrogens is 1. The summed E-state index contributed by atoms with van der Waals surface area (Å²) < 4.78 is 0.756. The fraction of sp³-hybridized carbons (Fsp3) is 0.143. The summed E-state index contributed by atoms with van der Waals surface area (Å²) >= 11 is 3.24.